The summed E-state index contributed by atoms with van der Waals surface area (Å²) < 4.78 is 0. The molecule has 3 fully saturated rings. The molecule has 2 atom stereocenters. The van der Waals surface area contributed by atoms with Gasteiger partial charge in [0.1, 0.15) is 0 Å². The Labute approximate surface area is 112 Å². The molecule has 2 aliphatic heterocycles. The Bertz CT molecular complexity index is 258. The van der Waals surface area contributed by atoms with Crippen molar-refractivity contribution in [3.8, 4) is 0 Å². The van der Waals surface area contributed by atoms with Crippen molar-refractivity contribution in [3.05, 3.63) is 0 Å². The molecule has 18 heavy (non-hydrogen) atoms. The maximum absolute atomic E-state index is 3.66. The molecule has 2 heterocycles. The zero-order valence-electron chi connectivity index (χ0n) is 11.9. The van der Waals surface area contributed by atoms with Crippen molar-refractivity contribution in [1.82, 2.24) is 15.1 Å². The van der Waals surface area contributed by atoms with Crippen molar-refractivity contribution in [1.29, 1.82) is 0 Å². The highest BCUT2D eigenvalue weighted by Crippen LogP contribution is 2.31. The predicted molar refractivity (Wildman–Crippen MR) is 75.9 cm³/mol. The summed E-state index contributed by atoms with van der Waals surface area (Å²) >= 11 is 0. The largest absolute Gasteiger partial charge is 0.313 e. The molecule has 0 amide bonds. The third-order valence-corrected chi connectivity index (χ3v) is 4.90. The average molecular weight is 251 g/mol. The van der Waals surface area contributed by atoms with E-state index in [1.165, 1.54) is 71.2 Å². The predicted octanol–water partition coefficient (Wildman–Crippen LogP) is 1.69. The van der Waals surface area contributed by atoms with Crippen LogP contribution in [-0.2, 0) is 0 Å². The van der Waals surface area contributed by atoms with E-state index in [0.29, 0.717) is 0 Å². The minimum absolute atomic E-state index is 0.770. The molecular weight excluding hydrogens is 222 g/mol. The topological polar surface area (TPSA) is 18.5 Å². The van der Waals surface area contributed by atoms with Crippen molar-refractivity contribution in [2.75, 3.05) is 32.7 Å². The van der Waals surface area contributed by atoms with Crippen LogP contribution in [0.1, 0.15) is 45.4 Å². The maximum Gasteiger partial charge on any atom is 0.0236 e. The summed E-state index contributed by atoms with van der Waals surface area (Å²) in [6.45, 7) is 8.84. The zero-order valence-corrected chi connectivity index (χ0v) is 11.9. The monoisotopic (exact) mass is 251 g/mol. The molecule has 104 valence electrons. The van der Waals surface area contributed by atoms with Gasteiger partial charge in [0.2, 0.25) is 0 Å². The van der Waals surface area contributed by atoms with Crippen molar-refractivity contribution in [3.63, 3.8) is 0 Å². The molecule has 0 aromatic heterocycles. The van der Waals surface area contributed by atoms with Gasteiger partial charge >= 0.3 is 0 Å². The Morgan fingerprint density at radius 2 is 2.11 bits per heavy atom. The number of nitrogens with one attached hydrogen (secondary N) is 1. The summed E-state index contributed by atoms with van der Waals surface area (Å²) in [5.74, 6) is 0. The zero-order chi connectivity index (χ0) is 12.4. The van der Waals surface area contributed by atoms with E-state index in [1.807, 2.05) is 0 Å². The maximum atomic E-state index is 3.66. The summed E-state index contributed by atoms with van der Waals surface area (Å²) in [6.07, 6.45) is 8.40. The highest BCUT2D eigenvalue weighted by Gasteiger charge is 2.36. The molecule has 3 aliphatic rings. The lowest BCUT2D eigenvalue weighted by atomic mass is 10.1. The second-order valence-corrected chi connectivity index (χ2v) is 6.46. The molecule has 0 bridgehead atoms. The van der Waals surface area contributed by atoms with Gasteiger partial charge in [-0.15, -0.1) is 0 Å². The molecule has 0 spiro atoms. The minimum atomic E-state index is 0.770. The van der Waals surface area contributed by atoms with E-state index in [0.717, 1.165) is 18.1 Å². The van der Waals surface area contributed by atoms with Gasteiger partial charge in [-0.25, -0.2) is 0 Å². The molecular formula is C15H29N3. The molecule has 3 heteroatoms. The van der Waals surface area contributed by atoms with Crippen LogP contribution in [0.5, 0.6) is 0 Å². The minimum Gasteiger partial charge on any atom is -0.313 e. The molecule has 0 radical (unpaired) electrons. The van der Waals surface area contributed by atoms with Crippen LogP contribution in [0.25, 0.3) is 0 Å². The first-order valence-corrected chi connectivity index (χ1v) is 8.08. The molecule has 1 saturated carbocycles. The third-order valence-electron chi connectivity index (χ3n) is 4.90. The van der Waals surface area contributed by atoms with Crippen molar-refractivity contribution in [2.24, 2.45) is 0 Å². The summed E-state index contributed by atoms with van der Waals surface area (Å²) in [5.41, 5.74) is 0. The van der Waals surface area contributed by atoms with Gasteiger partial charge in [-0.3, -0.25) is 9.80 Å². The quantitative estimate of drug-likeness (QED) is 0.775. The second kappa shape index (κ2) is 5.89. The van der Waals surface area contributed by atoms with Gasteiger partial charge in [-0.05, 0) is 51.6 Å². The van der Waals surface area contributed by atoms with Crippen molar-refractivity contribution >= 4 is 0 Å². The van der Waals surface area contributed by atoms with E-state index >= 15 is 0 Å². The lowest BCUT2D eigenvalue weighted by molar-refractivity contribution is 0.176. The summed E-state index contributed by atoms with van der Waals surface area (Å²) in [4.78, 5) is 5.53. The Hall–Kier alpha value is -0.120. The number of hydrogen-bond donors (Lipinski definition) is 1. The smallest absolute Gasteiger partial charge is 0.0236 e. The lowest BCUT2D eigenvalue weighted by Crippen LogP contribution is -2.45. The van der Waals surface area contributed by atoms with E-state index in [9.17, 15) is 0 Å². The van der Waals surface area contributed by atoms with Crippen LogP contribution in [0.15, 0.2) is 0 Å². The fourth-order valence-corrected chi connectivity index (χ4v) is 3.74. The first-order chi connectivity index (χ1) is 8.86. The van der Waals surface area contributed by atoms with Gasteiger partial charge in [0.25, 0.3) is 0 Å². The van der Waals surface area contributed by atoms with Crippen LogP contribution in [0.2, 0.25) is 0 Å². The average Bonchev–Trinajstić information content (AvgIpc) is 2.92. The fourth-order valence-electron chi connectivity index (χ4n) is 3.74. The lowest BCUT2D eigenvalue weighted by Gasteiger charge is -2.31. The molecule has 2 unspecified atom stereocenters. The molecule has 2 saturated heterocycles. The Balaban J connectivity index is 1.51. The number of hydrogen-bond acceptors (Lipinski definition) is 3. The van der Waals surface area contributed by atoms with Crippen LogP contribution in [0.4, 0.5) is 0 Å². The number of nitrogens with zero attached hydrogens (tertiary/aromatic N) is 2. The Morgan fingerprint density at radius 1 is 1.22 bits per heavy atom. The van der Waals surface area contributed by atoms with E-state index in [1.54, 1.807) is 0 Å². The van der Waals surface area contributed by atoms with Crippen LogP contribution < -0.4 is 5.32 Å². The molecule has 0 aromatic rings. The first kappa shape index (κ1) is 12.9. The molecule has 3 rings (SSSR count). The van der Waals surface area contributed by atoms with E-state index in [-0.39, 0.29) is 0 Å². The summed E-state index contributed by atoms with van der Waals surface area (Å²) in [7, 11) is 0. The van der Waals surface area contributed by atoms with Crippen molar-refractivity contribution < 1.29 is 0 Å². The van der Waals surface area contributed by atoms with Gasteiger partial charge in [0.05, 0.1) is 0 Å². The van der Waals surface area contributed by atoms with Crippen LogP contribution >= 0.6 is 0 Å². The van der Waals surface area contributed by atoms with E-state index in [4.69, 9.17) is 0 Å². The van der Waals surface area contributed by atoms with Gasteiger partial charge in [-0.2, -0.15) is 0 Å². The summed E-state index contributed by atoms with van der Waals surface area (Å²) in [6, 6.07) is 2.57. The van der Waals surface area contributed by atoms with Gasteiger partial charge in [0, 0.05) is 37.8 Å². The Morgan fingerprint density at radius 3 is 2.78 bits per heavy atom. The van der Waals surface area contributed by atoms with Gasteiger partial charge < -0.3 is 5.32 Å². The first-order valence-electron chi connectivity index (χ1n) is 8.08. The van der Waals surface area contributed by atoms with E-state index < -0.39 is 0 Å². The normalized spacial score (nSPS) is 33.7. The number of rotatable bonds is 6. The summed E-state index contributed by atoms with van der Waals surface area (Å²) in [5, 5.41) is 3.66. The van der Waals surface area contributed by atoms with Crippen molar-refractivity contribution in [2.45, 2.75) is 63.6 Å². The van der Waals surface area contributed by atoms with Crippen LogP contribution in [-0.4, -0.2) is 60.6 Å². The SMILES string of the molecule is CCCN(CC1CCCN1)C1CCN(C2CC2)C1. The third kappa shape index (κ3) is 3.06. The van der Waals surface area contributed by atoms with Gasteiger partial charge in [0.15, 0.2) is 0 Å². The molecule has 1 N–H and O–H groups in total. The Kier molecular flexibility index (Phi) is 4.22. The highest BCUT2D eigenvalue weighted by molar-refractivity contribution is 4.93. The van der Waals surface area contributed by atoms with E-state index in [2.05, 4.69) is 22.0 Å². The standard InChI is InChI=1S/C15H29N3/c1-2-9-17(11-13-4-3-8-16-13)15-7-10-18(12-15)14-5-6-14/h13-16H,2-12H2,1H3. The molecule has 0 aromatic carbocycles. The molecule has 3 nitrogen and oxygen atoms in total. The van der Waals surface area contributed by atoms with Crippen LogP contribution in [0, 0.1) is 0 Å². The second-order valence-electron chi connectivity index (χ2n) is 6.46. The highest BCUT2D eigenvalue weighted by atomic mass is 15.3. The fraction of sp³-hybridized carbons (Fsp3) is 1.00. The number of likely N-dealkylation sites (tertiary alicyclic amines) is 1. The van der Waals surface area contributed by atoms with Crippen LogP contribution in [0.3, 0.4) is 0 Å². The molecule has 1 aliphatic carbocycles. The van der Waals surface area contributed by atoms with Gasteiger partial charge in [-0.1, -0.05) is 6.92 Å².